The van der Waals surface area contributed by atoms with Crippen LogP contribution in [0.3, 0.4) is 0 Å². The summed E-state index contributed by atoms with van der Waals surface area (Å²) >= 11 is 0. The van der Waals surface area contributed by atoms with Crippen molar-refractivity contribution in [3.63, 3.8) is 0 Å². The second-order valence-corrected chi connectivity index (χ2v) is 4.79. The fraction of sp³-hybridized carbons (Fsp3) is 0.500. The summed E-state index contributed by atoms with van der Waals surface area (Å²) < 4.78 is 4.98. The van der Waals surface area contributed by atoms with Gasteiger partial charge in [0.25, 0.3) is 0 Å². The largest absolute Gasteiger partial charge is 0.504 e. The first-order valence-electron chi connectivity index (χ1n) is 6.00. The number of rotatable bonds is 6. The number of aromatic hydroxyl groups is 1. The van der Waals surface area contributed by atoms with Gasteiger partial charge in [0.1, 0.15) is 6.10 Å². The molecule has 0 aromatic heterocycles. The van der Waals surface area contributed by atoms with Gasteiger partial charge in [0.15, 0.2) is 17.3 Å². The molecule has 0 saturated heterocycles. The molecule has 18 heavy (non-hydrogen) atoms. The van der Waals surface area contributed by atoms with Crippen LogP contribution in [-0.4, -0.2) is 29.2 Å². The standard InChI is InChI=1S/C14H20O4/c1-9(2)6-12(16)13(17)7-10-4-5-11(15)14(8-10)18-3/h4-5,8-9,13,15,17H,6-7H2,1-3H3. The topological polar surface area (TPSA) is 66.8 Å². The number of hydrogen-bond donors (Lipinski definition) is 2. The first-order valence-corrected chi connectivity index (χ1v) is 6.00. The van der Waals surface area contributed by atoms with E-state index in [4.69, 9.17) is 4.74 Å². The van der Waals surface area contributed by atoms with Crippen molar-refractivity contribution in [2.45, 2.75) is 32.8 Å². The lowest BCUT2D eigenvalue weighted by molar-refractivity contribution is -0.127. The van der Waals surface area contributed by atoms with Gasteiger partial charge in [0.2, 0.25) is 0 Å². The molecule has 0 fully saturated rings. The van der Waals surface area contributed by atoms with E-state index < -0.39 is 6.10 Å². The van der Waals surface area contributed by atoms with Crippen LogP contribution in [0.2, 0.25) is 0 Å². The molecule has 0 saturated carbocycles. The average Bonchev–Trinajstić information content (AvgIpc) is 2.30. The number of carbonyl (C=O) groups excluding carboxylic acids is 1. The summed E-state index contributed by atoms with van der Waals surface area (Å²) in [6, 6.07) is 4.79. The molecule has 1 aromatic rings. The van der Waals surface area contributed by atoms with Gasteiger partial charge in [-0.25, -0.2) is 0 Å². The molecular formula is C14H20O4. The Kier molecular flexibility index (Phi) is 5.16. The van der Waals surface area contributed by atoms with E-state index in [1.165, 1.54) is 13.2 Å². The highest BCUT2D eigenvalue weighted by Crippen LogP contribution is 2.26. The third kappa shape index (κ3) is 4.04. The van der Waals surface area contributed by atoms with Crippen molar-refractivity contribution in [1.29, 1.82) is 0 Å². The van der Waals surface area contributed by atoms with Crippen molar-refractivity contribution in [3.8, 4) is 11.5 Å². The molecule has 100 valence electrons. The lowest BCUT2D eigenvalue weighted by Gasteiger charge is -2.12. The van der Waals surface area contributed by atoms with Crippen molar-refractivity contribution in [2.75, 3.05) is 7.11 Å². The van der Waals surface area contributed by atoms with Gasteiger partial charge in [-0.15, -0.1) is 0 Å². The highest BCUT2D eigenvalue weighted by atomic mass is 16.5. The van der Waals surface area contributed by atoms with Crippen LogP contribution >= 0.6 is 0 Å². The zero-order valence-electron chi connectivity index (χ0n) is 11.0. The number of phenolic OH excluding ortho intramolecular Hbond substituents is 1. The summed E-state index contributed by atoms with van der Waals surface area (Å²) in [4.78, 5) is 11.6. The van der Waals surface area contributed by atoms with Crippen LogP contribution in [0.4, 0.5) is 0 Å². The van der Waals surface area contributed by atoms with E-state index in [2.05, 4.69) is 0 Å². The number of methoxy groups -OCH3 is 1. The zero-order valence-corrected chi connectivity index (χ0v) is 11.0. The molecule has 1 unspecified atom stereocenters. The molecule has 0 heterocycles. The Morgan fingerprint density at radius 3 is 2.61 bits per heavy atom. The fourth-order valence-electron chi connectivity index (χ4n) is 1.72. The second kappa shape index (κ2) is 6.40. The van der Waals surface area contributed by atoms with Crippen molar-refractivity contribution < 1.29 is 19.7 Å². The molecular weight excluding hydrogens is 232 g/mol. The molecule has 0 aliphatic rings. The third-order valence-corrected chi connectivity index (χ3v) is 2.65. The summed E-state index contributed by atoms with van der Waals surface area (Å²) in [5.74, 6) is 0.471. The number of hydrogen-bond acceptors (Lipinski definition) is 4. The highest BCUT2D eigenvalue weighted by molar-refractivity contribution is 5.83. The van der Waals surface area contributed by atoms with E-state index in [9.17, 15) is 15.0 Å². The minimum atomic E-state index is -0.998. The monoisotopic (exact) mass is 252 g/mol. The van der Waals surface area contributed by atoms with Crippen LogP contribution in [0.1, 0.15) is 25.8 Å². The third-order valence-electron chi connectivity index (χ3n) is 2.65. The van der Waals surface area contributed by atoms with Gasteiger partial charge in [0, 0.05) is 12.8 Å². The second-order valence-electron chi connectivity index (χ2n) is 4.79. The Morgan fingerprint density at radius 2 is 2.06 bits per heavy atom. The van der Waals surface area contributed by atoms with Crippen LogP contribution in [0.15, 0.2) is 18.2 Å². The van der Waals surface area contributed by atoms with Gasteiger partial charge in [-0.2, -0.15) is 0 Å². The summed E-state index contributed by atoms with van der Waals surface area (Å²) in [7, 11) is 1.46. The number of Topliss-reactive ketones (excluding diaryl/α,β-unsaturated/α-hetero) is 1. The van der Waals surface area contributed by atoms with E-state index >= 15 is 0 Å². The quantitative estimate of drug-likeness (QED) is 0.811. The summed E-state index contributed by atoms with van der Waals surface area (Å²) in [5.41, 5.74) is 0.759. The average molecular weight is 252 g/mol. The van der Waals surface area contributed by atoms with Gasteiger partial charge in [-0.05, 0) is 23.6 Å². The molecule has 1 atom stereocenters. The maximum Gasteiger partial charge on any atom is 0.161 e. The van der Waals surface area contributed by atoms with Gasteiger partial charge < -0.3 is 14.9 Å². The molecule has 4 nitrogen and oxygen atoms in total. The first-order chi connectivity index (χ1) is 8.43. The summed E-state index contributed by atoms with van der Waals surface area (Å²) in [6.07, 6.45) is -0.389. The van der Waals surface area contributed by atoms with Crippen LogP contribution in [0.25, 0.3) is 0 Å². The van der Waals surface area contributed by atoms with Crippen molar-refractivity contribution in [1.82, 2.24) is 0 Å². The Bertz CT molecular complexity index is 412. The molecule has 0 spiro atoms. The van der Waals surface area contributed by atoms with Crippen LogP contribution in [-0.2, 0) is 11.2 Å². The minimum Gasteiger partial charge on any atom is -0.504 e. The fourth-order valence-corrected chi connectivity index (χ4v) is 1.72. The zero-order chi connectivity index (χ0) is 13.7. The smallest absolute Gasteiger partial charge is 0.161 e. The van der Waals surface area contributed by atoms with Crippen LogP contribution in [0.5, 0.6) is 11.5 Å². The maximum atomic E-state index is 11.6. The molecule has 2 N–H and O–H groups in total. The molecule has 1 aromatic carbocycles. The first kappa shape index (κ1) is 14.5. The molecule has 0 amide bonds. The number of ether oxygens (including phenoxy) is 1. The normalized spacial score (nSPS) is 12.5. The van der Waals surface area contributed by atoms with E-state index in [0.717, 1.165) is 5.56 Å². The molecule has 0 radical (unpaired) electrons. The number of benzene rings is 1. The lowest BCUT2D eigenvalue weighted by atomic mass is 9.98. The van der Waals surface area contributed by atoms with Gasteiger partial charge >= 0.3 is 0 Å². The molecule has 0 aliphatic heterocycles. The van der Waals surface area contributed by atoms with Gasteiger partial charge in [-0.3, -0.25) is 4.79 Å². The van der Waals surface area contributed by atoms with E-state index in [1.54, 1.807) is 12.1 Å². The predicted octanol–water partition coefficient (Wildman–Crippen LogP) is 1.92. The number of phenols is 1. The van der Waals surface area contributed by atoms with E-state index in [1.807, 2.05) is 13.8 Å². The predicted molar refractivity (Wildman–Crippen MR) is 68.8 cm³/mol. The van der Waals surface area contributed by atoms with Crippen LogP contribution in [0, 0.1) is 5.92 Å². The molecule has 4 heteroatoms. The molecule has 0 aliphatic carbocycles. The van der Waals surface area contributed by atoms with Crippen molar-refractivity contribution in [3.05, 3.63) is 23.8 Å². The number of carbonyl (C=O) groups is 1. The Hall–Kier alpha value is -1.55. The van der Waals surface area contributed by atoms with E-state index in [0.29, 0.717) is 12.2 Å². The molecule has 1 rings (SSSR count). The van der Waals surface area contributed by atoms with Gasteiger partial charge in [-0.1, -0.05) is 19.9 Å². The Balaban J connectivity index is 2.69. The van der Waals surface area contributed by atoms with Crippen LogP contribution < -0.4 is 4.74 Å². The Morgan fingerprint density at radius 1 is 1.39 bits per heavy atom. The van der Waals surface area contributed by atoms with Crippen molar-refractivity contribution >= 4 is 5.78 Å². The maximum absolute atomic E-state index is 11.6. The van der Waals surface area contributed by atoms with E-state index in [-0.39, 0.29) is 23.9 Å². The van der Waals surface area contributed by atoms with Crippen molar-refractivity contribution in [2.24, 2.45) is 5.92 Å². The molecule has 0 bridgehead atoms. The minimum absolute atomic E-state index is 0.0456. The summed E-state index contributed by atoms with van der Waals surface area (Å²) in [6.45, 7) is 3.88. The highest BCUT2D eigenvalue weighted by Gasteiger charge is 2.17. The van der Waals surface area contributed by atoms with Gasteiger partial charge in [0.05, 0.1) is 7.11 Å². The SMILES string of the molecule is COc1cc(CC(O)C(=O)CC(C)C)ccc1O. The lowest BCUT2D eigenvalue weighted by Crippen LogP contribution is -2.24. The summed E-state index contributed by atoms with van der Waals surface area (Å²) in [5, 5.41) is 19.2. The number of aliphatic hydroxyl groups is 1. The number of ketones is 1. The number of aliphatic hydroxyl groups excluding tert-OH is 1. The Labute approximate surface area is 107 Å².